The smallest absolute Gasteiger partial charge is 0.432 e. The third kappa shape index (κ3) is 4.29. The molecule has 36 heavy (non-hydrogen) atoms. The molecule has 182 valence electrons. The molecule has 0 N–H and O–H groups in total. The second-order valence-corrected chi connectivity index (χ2v) is 8.09. The monoisotopic (exact) mass is 513 g/mol. The van der Waals surface area contributed by atoms with Crippen LogP contribution in [0.5, 0.6) is 5.75 Å². The second-order valence-electron chi connectivity index (χ2n) is 7.65. The van der Waals surface area contributed by atoms with Crippen LogP contribution in [-0.2, 0) is 12.7 Å². The zero-order chi connectivity index (χ0) is 25.4. The zero-order valence-electron chi connectivity index (χ0n) is 18.5. The van der Waals surface area contributed by atoms with Crippen LogP contribution < -0.4 is 4.74 Å². The maximum atomic E-state index is 14.5. The van der Waals surface area contributed by atoms with E-state index in [1.807, 2.05) is 0 Å². The van der Waals surface area contributed by atoms with Gasteiger partial charge in [0.25, 0.3) is 17.6 Å². The molecule has 2 aromatic carbocycles. The number of alkyl halides is 3. The Hall–Kier alpha value is -4.25. The number of nitrogens with zero attached hydrogens (tertiary/aromatic N) is 5. The van der Waals surface area contributed by atoms with Gasteiger partial charge in [0.05, 0.1) is 12.7 Å². The minimum atomic E-state index is -4.89. The van der Waals surface area contributed by atoms with Gasteiger partial charge in [-0.15, -0.1) is 10.2 Å². The number of benzene rings is 2. The van der Waals surface area contributed by atoms with E-state index in [4.69, 9.17) is 20.8 Å². The highest BCUT2D eigenvalue weighted by atomic mass is 35.5. The van der Waals surface area contributed by atoms with Gasteiger partial charge in [0, 0.05) is 28.7 Å². The topological polar surface area (TPSA) is 95.9 Å². The summed E-state index contributed by atoms with van der Waals surface area (Å²) in [6.45, 7) is -0.169. The Balaban J connectivity index is 1.71. The highest BCUT2D eigenvalue weighted by Crippen LogP contribution is 2.41. The highest BCUT2D eigenvalue weighted by molar-refractivity contribution is 6.30. The second kappa shape index (κ2) is 9.08. The van der Waals surface area contributed by atoms with Crippen LogP contribution in [0.2, 0.25) is 5.02 Å². The lowest BCUT2D eigenvalue weighted by Crippen LogP contribution is -2.19. The van der Waals surface area contributed by atoms with Crippen molar-refractivity contribution in [2.75, 3.05) is 7.11 Å². The quantitative estimate of drug-likeness (QED) is 0.279. The van der Waals surface area contributed by atoms with E-state index in [0.717, 1.165) is 4.57 Å². The van der Waals surface area contributed by atoms with Crippen molar-refractivity contribution in [1.29, 1.82) is 0 Å². The lowest BCUT2D eigenvalue weighted by atomic mass is 10.1. The number of ether oxygens (including phenoxy) is 1. The summed E-state index contributed by atoms with van der Waals surface area (Å²) in [7, 11) is 1.38. The Morgan fingerprint density at radius 1 is 1.11 bits per heavy atom. The number of halogens is 4. The van der Waals surface area contributed by atoms with Crippen LogP contribution in [0.4, 0.5) is 13.2 Å². The van der Waals surface area contributed by atoms with Crippen LogP contribution in [0, 0.1) is 0 Å². The first-order valence-electron chi connectivity index (χ1n) is 10.4. The van der Waals surface area contributed by atoms with Crippen molar-refractivity contribution in [3.8, 4) is 17.3 Å². The van der Waals surface area contributed by atoms with Gasteiger partial charge < -0.3 is 13.7 Å². The average molecular weight is 514 g/mol. The zero-order valence-corrected chi connectivity index (χ0v) is 19.2. The van der Waals surface area contributed by atoms with Gasteiger partial charge >= 0.3 is 6.18 Å². The van der Waals surface area contributed by atoms with Gasteiger partial charge in [0.15, 0.2) is 0 Å². The normalized spacial score (nSPS) is 11.7. The summed E-state index contributed by atoms with van der Waals surface area (Å²) in [5.74, 6) is -1.54. The maximum Gasteiger partial charge on any atom is 0.432 e. The van der Waals surface area contributed by atoms with Gasteiger partial charge in [-0.3, -0.25) is 4.79 Å². The number of ketones is 1. The molecule has 0 aliphatic heterocycles. The van der Waals surface area contributed by atoms with Crippen molar-refractivity contribution in [2.45, 2.75) is 12.7 Å². The Kier molecular flexibility index (Phi) is 5.92. The van der Waals surface area contributed by atoms with Crippen molar-refractivity contribution in [2.24, 2.45) is 0 Å². The van der Waals surface area contributed by atoms with Gasteiger partial charge in [-0.1, -0.05) is 23.7 Å². The van der Waals surface area contributed by atoms with Crippen molar-refractivity contribution in [3.05, 3.63) is 88.8 Å². The number of hydrogen-bond donors (Lipinski definition) is 0. The van der Waals surface area contributed by atoms with Gasteiger partial charge in [0.2, 0.25) is 0 Å². The fourth-order valence-electron chi connectivity index (χ4n) is 3.86. The van der Waals surface area contributed by atoms with Crippen LogP contribution >= 0.6 is 11.6 Å². The Morgan fingerprint density at radius 3 is 2.56 bits per heavy atom. The molecule has 3 heterocycles. The fourth-order valence-corrected chi connectivity index (χ4v) is 3.99. The molecular formula is C24H15ClF3N5O3. The number of rotatable bonds is 6. The fraction of sp³-hybridized carbons (Fsp3) is 0.125. The molecule has 0 bridgehead atoms. The summed E-state index contributed by atoms with van der Waals surface area (Å²) in [5.41, 5.74) is -0.812. The number of carbonyl (C=O) groups excluding carboxylic acids is 1. The molecule has 0 saturated carbocycles. The summed E-state index contributed by atoms with van der Waals surface area (Å²) in [4.78, 5) is 21.2. The molecule has 5 aromatic rings. The van der Waals surface area contributed by atoms with E-state index in [1.165, 1.54) is 43.9 Å². The highest BCUT2D eigenvalue weighted by Gasteiger charge is 2.42. The van der Waals surface area contributed by atoms with E-state index in [2.05, 4.69) is 20.2 Å². The summed E-state index contributed by atoms with van der Waals surface area (Å²) in [6, 6.07) is 12.2. The number of methoxy groups -OCH3 is 1. The van der Waals surface area contributed by atoms with E-state index < -0.39 is 29.1 Å². The predicted molar refractivity (Wildman–Crippen MR) is 123 cm³/mol. The van der Waals surface area contributed by atoms with Crippen molar-refractivity contribution >= 4 is 28.3 Å². The first-order valence-corrected chi connectivity index (χ1v) is 10.8. The van der Waals surface area contributed by atoms with E-state index in [-0.39, 0.29) is 34.8 Å². The van der Waals surface area contributed by atoms with Crippen molar-refractivity contribution < 1.29 is 27.1 Å². The molecule has 0 aliphatic carbocycles. The average Bonchev–Trinajstić information content (AvgIpc) is 3.49. The minimum absolute atomic E-state index is 0.0300. The molecule has 0 aliphatic rings. The van der Waals surface area contributed by atoms with Gasteiger partial charge in [-0.2, -0.15) is 13.2 Å². The van der Waals surface area contributed by atoms with E-state index in [1.54, 1.807) is 24.3 Å². The number of aromatic nitrogens is 5. The maximum absolute atomic E-state index is 14.5. The van der Waals surface area contributed by atoms with E-state index >= 15 is 0 Å². The van der Waals surface area contributed by atoms with Crippen molar-refractivity contribution in [1.82, 2.24) is 24.7 Å². The predicted octanol–water partition coefficient (Wildman–Crippen LogP) is 5.44. The van der Waals surface area contributed by atoms with Crippen LogP contribution in [0.15, 0.2) is 65.5 Å². The molecule has 0 unspecified atom stereocenters. The SMILES string of the molecule is COc1ccc2c(c1)c(C(=O)c1nnc(-c3ccncn3)o1)c(C(F)(F)F)n2Cc1ccc(Cl)cc1. The van der Waals surface area contributed by atoms with Gasteiger partial charge in [0.1, 0.15) is 23.5 Å². The third-order valence-electron chi connectivity index (χ3n) is 5.44. The van der Waals surface area contributed by atoms with Crippen LogP contribution in [0.3, 0.4) is 0 Å². The Bertz CT molecular complexity index is 1560. The molecule has 3 aromatic heterocycles. The molecule has 0 fully saturated rings. The van der Waals surface area contributed by atoms with E-state index in [9.17, 15) is 18.0 Å². The third-order valence-corrected chi connectivity index (χ3v) is 5.69. The molecule has 5 rings (SSSR count). The Labute approximate surface area is 206 Å². The largest absolute Gasteiger partial charge is 0.497 e. The molecule has 0 spiro atoms. The van der Waals surface area contributed by atoms with Crippen LogP contribution in [0.25, 0.3) is 22.5 Å². The van der Waals surface area contributed by atoms with E-state index in [0.29, 0.717) is 10.6 Å². The molecular weight excluding hydrogens is 499 g/mol. The summed E-state index contributed by atoms with van der Waals surface area (Å²) >= 11 is 5.93. The summed E-state index contributed by atoms with van der Waals surface area (Å²) in [6.07, 6.45) is -2.23. The summed E-state index contributed by atoms with van der Waals surface area (Å²) < 4.78 is 55.3. The van der Waals surface area contributed by atoms with Gasteiger partial charge in [-0.25, -0.2) is 9.97 Å². The lowest BCUT2D eigenvalue weighted by molar-refractivity contribution is -0.143. The lowest BCUT2D eigenvalue weighted by Gasteiger charge is -2.14. The summed E-state index contributed by atoms with van der Waals surface area (Å²) in [5, 5.41) is 7.94. The number of fused-ring (bicyclic) bond motifs is 1. The molecule has 8 nitrogen and oxygen atoms in total. The Morgan fingerprint density at radius 2 is 1.89 bits per heavy atom. The first-order chi connectivity index (χ1) is 17.3. The minimum Gasteiger partial charge on any atom is -0.497 e. The molecule has 12 heteroatoms. The molecule has 0 amide bonds. The number of hydrogen-bond acceptors (Lipinski definition) is 7. The standard InChI is InChI=1S/C24H15ClF3N5O3/c1-35-15-6-7-18-16(10-15)19(20(34)23-32-31-22(36-23)17-8-9-29-12-30-17)21(24(26,27)28)33(18)11-13-2-4-14(25)5-3-13/h2-10,12H,11H2,1H3. The molecule has 0 atom stereocenters. The molecule has 0 radical (unpaired) electrons. The van der Waals surface area contributed by atoms with Gasteiger partial charge in [-0.05, 0) is 42.0 Å². The van der Waals surface area contributed by atoms with Crippen LogP contribution in [0.1, 0.15) is 27.5 Å². The molecule has 0 saturated heterocycles. The number of carbonyl (C=O) groups is 1. The van der Waals surface area contributed by atoms with Crippen molar-refractivity contribution in [3.63, 3.8) is 0 Å². The van der Waals surface area contributed by atoms with Crippen LogP contribution in [-0.4, -0.2) is 37.6 Å². The first kappa shape index (κ1) is 23.5.